The van der Waals surface area contributed by atoms with Crippen molar-refractivity contribution in [3.63, 3.8) is 0 Å². The maximum absolute atomic E-state index is 13.2. The Balaban J connectivity index is 1.72. The van der Waals surface area contributed by atoms with Crippen LogP contribution < -0.4 is 5.32 Å². The summed E-state index contributed by atoms with van der Waals surface area (Å²) >= 11 is 0. The minimum absolute atomic E-state index is 0.145. The Bertz CT molecular complexity index is 918. The molecule has 0 spiro atoms. The summed E-state index contributed by atoms with van der Waals surface area (Å²) in [5.74, 6) is -1.87. The first-order valence-corrected chi connectivity index (χ1v) is 10.1. The van der Waals surface area contributed by atoms with E-state index in [1.165, 1.54) is 28.6 Å². The molecule has 0 atom stereocenters. The average molecular weight is 394 g/mol. The molecular weight excluding hydrogens is 374 g/mol. The van der Waals surface area contributed by atoms with Crippen LogP contribution in [0.25, 0.3) is 0 Å². The van der Waals surface area contributed by atoms with Crippen molar-refractivity contribution in [1.82, 2.24) is 4.31 Å². The molecule has 0 radical (unpaired) electrons. The molecule has 0 unspecified atom stereocenters. The first-order chi connectivity index (χ1) is 12.8. The van der Waals surface area contributed by atoms with Gasteiger partial charge in [0, 0.05) is 30.4 Å². The smallest absolute Gasteiger partial charge is 0.255 e. The van der Waals surface area contributed by atoms with Crippen LogP contribution in [0.1, 0.15) is 30.1 Å². The van der Waals surface area contributed by atoms with E-state index >= 15 is 0 Å². The van der Waals surface area contributed by atoms with Crippen LogP contribution in [0.15, 0.2) is 47.4 Å². The number of anilines is 1. The summed E-state index contributed by atoms with van der Waals surface area (Å²) in [6.45, 7) is 3.09. The summed E-state index contributed by atoms with van der Waals surface area (Å²) in [7, 11) is -3.57. The molecule has 2 aromatic rings. The summed E-state index contributed by atoms with van der Waals surface area (Å²) in [6, 6.07) is 8.26. The van der Waals surface area contributed by atoms with Crippen molar-refractivity contribution in [3.05, 3.63) is 59.7 Å². The highest BCUT2D eigenvalue weighted by Gasteiger charge is 2.27. The Morgan fingerprint density at radius 2 is 1.59 bits per heavy atom. The largest absolute Gasteiger partial charge is 0.322 e. The topological polar surface area (TPSA) is 66.5 Å². The van der Waals surface area contributed by atoms with Crippen molar-refractivity contribution < 1.29 is 22.0 Å². The van der Waals surface area contributed by atoms with E-state index in [1.54, 1.807) is 0 Å². The number of carbonyl (C=O) groups excluding carboxylic acids is 1. The molecule has 1 aliphatic rings. The molecule has 1 fully saturated rings. The standard InChI is InChI=1S/C19H20F2N2O3S/c1-13-6-8-23(9-7-13)27(25,26)18-4-2-17(3-5-18)22-19(24)14-10-15(20)12-16(21)11-14/h2-5,10-13H,6-9H2,1H3,(H,22,24). The fraction of sp³-hybridized carbons (Fsp3) is 0.316. The second kappa shape index (κ2) is 7.74. The van der Waals surface area contributed by atoms with Crippen molar-refractivity contribution in [3.8, 4) is 0 Å². The molecule has 0 aromatic heterocycles. The number of benzene rings is 2. The molecule has 1 aliphatic heterocycles. The maximum atomic E-state index is 13.2. The highest BCUT2D eigenvalue weighted by Crippen LogP contribution is 2.24. The number of nitrogens with zero attached hydrogens (tertiary/aromatic N) is 1. The molecule has 5 nitrogen and oxygen atoms in total. The lowest BCUT2D eigenvalue weighted by atomic mass is 10.0. The van der Waals surface area contributed by atoms with Gasteiger partial charge in [0.1, 0.15) is 11.6 Å². The number of hydrogen-bond acceptors (Lipinski definition) is 3. The molecule has 0 aliphatic carbocycles. The second-order valence-electron chi connectivity index (χ2n) is 6.72. The molecule has 1 saturated heterocycles. The Hall–Kier alpha value is -2.32. The van der Waals surface area contributed by atoms with E-state index in [0.717, 1.165) is 25.0 Å². The van der Waals surface area contributed by atoms with Gasteiger partial charge in [-0.05, 0) is 55.2 Å². The molecule has 0 bridgehead atoms. The minimum atomic E-state index is -3.57. The number of halogens is 2. The van der Waals surface area contributed by atoms with Crippen LogP contribution in [0.3, 0.4) is 0 Å². The van der Waals surface area contributed by atoms with Gasteiger partial charge in [-0.3, -0.25) is 4.79 Å². The van der Waals surface area contributed by atoms with Gasteiger partial charge in [0.05, 0.1) is 4.90 Å². The van der Waals surface area contributed by atoms with E-state index in [2.05, 4.69) is 12.2 Å². The molecule has 1 N–H and O–H groups in total. The van der Waals surface area contributed by atoms with E-state index in [-0.39, 0.29) is 10.5 Å². The summed E-state index contributed by atoms with van der Waals surface area (Å²) in [5, 5.41) is 2.50. The molecule has 3 rings (SSSR count). The first-order valence-electron chi connectivity index (χ1n) is 8.63. The lowest BCUT2D eigenvalue weighted by molar-refractivity contribution is 0.102. The van der Waals surface area contributed by atoms with E-state index in [9.17, 15) is 22.0 Å². The lowest BCUT2D eigenvalue weighted by Gasteiger charge is -2.29. The van der Waals surface area contributed by atoms with E-state index in [1.807, 2.05) is 0 Å². The third kappa shape index (κ3) is 4.51. The molecule has 0 saturated carbocycles. The summed E-state index contributed by atoms with van der Waals surface area (Å²) in [5.41, 5.74) is 0.169. The van der Waals surface area contributed by atoms with Crippen molar-refractivity contribution in [2.75, 3.05) is 18.4 Å². The highest BCUT2D eigenvalue weighted by molar-refractivity contribution is 7.89. The van der Waals surface area contributed by atoms with Crippen molar-refractivity contribution >= 4 is 21.6 Å². The van der Waals surface area contributed by atoms with Gasteiger partial charge in [-0.2, -0.15) is 4.31 Å². The number of piperidine rings is 1. The van der Waals surface area contributed by atoms with Gasteiger partial charge in [-0.15, -0.1) is 0 Å². The predicted molar refractivity (Wildman–Crippen MR) is 97.9 cm³/mol. The lowest BCUT2D eigenvalue weighted by Crippen LogP contribution is -2.37. The number of nitrogens with one attached hydrogen (secondary N) is 1. The average Bonchev–Trinajstić information content (AvgIpc) is 2.61. The Kier molecular flexibility index (Phi) is 5.57. The summed E-state index contributed by atoms with van der Waals surface area (Å²) < 4.78 is 53.3. The molecular formula is C19H20F2N2O3S. The Morgan fingerprint density at radius 3 is 2.15 bits per heavy atom. The quantitative estimate of drug-likeness (QED) is 0.861. The fourth-order valence-corrected chi connectivity index (χ4v) is 4.44. The minimum Gasteiger partial charge on any atom is -0.322 e. The van der Waals surface area contributed by atoms with Crippen LogP contribution in [0.4, 0.5) is 14.5 Å². The highest BCUT2D eigenvalue weighted by atomic mass is 32.2. The van der Waals surface area contributed by atoms with Crippen LogP contribution in [0, 0.1) is 17.6 Å². The fourth-order valence-electron chi connectivity index (χ4n) is 2.97. The molecule has 8 heteroatoms. The summed E-state index contributed by atoms with van der Waals surface area (Å²) in [4.78, 5) is 12.3. The number of amides is 1. The number of rotatable bonds is 4. The van der Waals surface area contributed by atoms with Crippen LogP contribution in [-0.4, -0.2) is 31.7 Å². The van der Waals surface area contributed by atoms with Crippen LogP contribution in [-0.2, 0) is 10.0 Å². The SMILES string of the molecule is CC1CCN(S(=O)(=O)c2ccc(NC(=O)c3cc(F)cc(F)c3)cc2)CC1. The monoisotopic (exact) mass is 394 g/mol. The van der Waals surface area contributed by atoms with Crippen LogP contribution >= 0.6 is 0 Å². The van der Waals surface area contributed by atoms with Crippen LogP contribution in [0.2, 0.25) is 0 Å². The second-order valence-corrected chi connectivity index (χ2v) is 8.66. The van der Waals surface area contributed by atoms with Gasteiger partial charge < -0.3 is 5.32 Å². The zero-order valence-electron chi connectivity index (χ0n) is 14.8. The molecule has 1 heterocycles. The molecule has 2 aromatic carbocycles. The first kappa shape index (κ1) is 19.4. The summed E-state index contributed by atoms with van der Waals surface area (Å²) in [6.07, 6.45) is 1.66. The third-order valence-corrected chi connectivity index (χ3v) is 6.53. The Morgan fingerprint density at radius 1 is 1.04 bits per heavy atom. The number of carbonyl (C=O) groups is 1. The van der Waals surface area contributed by atoms with E-state index in [4.69, 9.17) is 0 Å². The van der Waals surface area contributed by atoms with Gasteiger partial charge in [-0.1, -0.05) is 6.92 Å². The van der Waals surface area contributed by atoms with Gasteiger partial charge in [0.25, 0.3) is 5.91 Å². The van der Waals surface area contributed by atoms with Crippen LogP contribution in [0.5, 0.6) is 0 Å². The normalized spacial score (nSPS) is 16.3. The van der Waals surface area contributed by atoms with E-state index < -0.39 is 27.6 Å². The van der Waals surface area contributed by atoms with Crippen molar-refractivity contribution in [2.24, 2.45) is 5.92 Å². The van der Waals surface area contributed by atoms with Gasteiger partial charge in [0.15, 0.2) is 0 Å². The Labute approximate surface area is 157 Å². The zero-order valence-corrected chi connectivity index (χ0v) is 15.6. The molecule has 144 valence electrons. The van der Waals surface area contributed by atoms with Crippen molar-refractivity contribution in [1.29, 1.82) is 0 Å². The van der Waals surface area contributed by atoms with Gasteiger partial charge >= 0.3 is 0 Å². The van der Waals surface area contributed by atoms with E-state index in [0.29, 0.717) is 30.8 Å². The van der Waals surface area contributed by atoms with Gasteiger partial charge in [0.2, 0.25) is 10.0 Å². The third-order valence-electron chi connectivity index (χ3n) is 4.62. The maximum Gasteiger partial charge on any atom is 0.255 e. The number of sulfonamides is 1. The van der Waals surface area contributed by atoms with Crippen molar-refractivity contribution in [2.45, 2.75) is 24.7 Å². The van der Waals surface area contributed by atoms with Gasteiger partial charge in [-0.25, -0.2) is 17.2 Å². The zero-order chi connectivity index (χ0) is 19.6. The molecule has 1 amide bonds. The predicted octanol–water partition coefficient (Wildman–Crippen LogP) is 3.64. The molecule has 27 heavy (non-hydrogen) atoms. The number of hydrogen-bond donors (Lipinski definition) is 1.